The van der Waals surface area contributed by atoms with E-state index in [4.69, 9.17) is 0 Å². The number of amides is 2. The van der Waals surface area contributed by atoms with Crippen LogP contribution in [0, 0.1) is 0 Å². The SMILES string of the molecule is O=C(NCc1ccc(OC(F)(F)F)cc1)NC1CNNC1. The Kier molecular flexibility index (Phi) is 4.86. The Morgan fingerprint density at radius 1 is 1.24 bits per heavy atom. The van der Waals surface area contributed by atoms with Crippen molar-refractivity contribution in [2.45, 2.75) is 18.9 Å². The van der Waals surface area contributed by atoms with Crippen LogP contribution in [0.25, 0.3) is 0 Å². The maximum absolute atomic E-state index is 12.0. The van der Waals surface area contributed by atoms with Crippen LogP contribution >= 0.6 is 0 Å². The summed E-state index contributed by atoms with van der Waals surface area (Å²) >= 11 is 0. The van der Waals surface area contributed by atoms with E-state index < -0.39 is 6.36 Å². The predicted molar refractivity (Wildman–Crippen MR) is 68.3 cm³/mol. The largest absolute Gasteiger partial charge is 0.573 e. The summed E-state index contributed by atoms with van der Waals surface area (Å²) in [5, 5.41) is 5.37. The lowest BCUT2D eigenvalue weighted by Crippen LogP contribution is -2.44. The van der Waals surface area contributed by atoms with Crippen molar-refractivity contribution < 1.29 is 22.7 Å². The zero-order valence-electron chi connectivity index (χ0n) is 11.0. The average molecular weight is 304 g/mol. The Balaban J connectivity index is 1.76. The van der Waals surface area contributed by atoms with E-state index >= 15 is 0 Å². The van der Waals surface area contributed by atoms with Gasteiger partial charge in [-0.25, -0.2) is 4.79 Å². The maximum Gasteiger partial charge on any atom is 0.573 e. The Hall–Kier alpha value is -2.00. The first-order valence-electron chi connectivity index (χ1n) is 6.27. The van der Waals surface area contributed by atoms with E-state index in [1.807, 2.05) is 0 Å². The van der Waals surface area contributed by atoms with Gasteiger partial charge in [-0.1, -0.05) is 12.1 Å². The van der Waals surface area contributed by atoms with Gasteiger partial charge in [0.25, 0.3) is 0 Å². The number of carbonyl (C=O) groups is 1. The molecule has 1 aliphatic rings. The first-order valence-corrected chi connectivity index (χ1v) is 6.27. The second kappa shape index (κ2) is 6.64. The third-order valence-electron chi connectivity index (χ3n) is 2.77. The summed E-state index contributed by atoms with van der Waals surface area (Å²) < 4.78 is 39.7. The molecule has 1 saturated heterocycles. The summed E-state index contributed by atoms with van der Waals surface area (Å²) in [6, 6.07) is 4.99. The van der Waals surface area contributed by atoms with Crippen molar-refractivity contribution in [2.24, 2.45) is 0 Å². The van der Waals surface area contributed by atoms with Gasteiger partial charge < -0.3 is 15.4 Å². The van der Waals surface area contributed by atoms with Crippen molar-refractivity contribution in [3.63, 3.8) is 0 Å². The van der Waals surface area contributed by atoms with Gasteiger partial charge in [0.1, 0.15) is 5.75 Å². The van der Waals surface area contributed by atoms with E-state index in [-0.39, 0.29) is 24.4 Å². The van der Waals surface area contributed by atoms with E-state index in [1.54, 1.807) is 0 Å². The van der Waals surface area contributed by atoms with Gasteiger partial charge in [-0.05, 0) is 17.7 Å². The number of rotatable bonds is 4. The number of benzene rings is 1. The standard InChI is InChI=1S/C12H15F3N4O2/c13-12(14,15)21-10-3-1-8(2-4-10)5-16-11(20)19-9-6-17-18-7-9/h1-4,9,17-18H,5-7H2,(H2,16,19,20). The number of ether oxygens (including phenoxy) is 1. The number of hydrazine groups is 1. The lowest BCUT2D eigenvalue weighted by Gasteiger charge is -2.12. The van der Waals surface area contributed by atoms with E-state index in [2.05, 4.69) is 26.2 Å². The van der Waals surface area contributed by atoms with E-state index in [9.17, 15) is 18.0 Å². The number of hydrogen-bond acceptors (Lipinski definition) is 4. The highest BCUT2D eigenvalue weighted by atomic mass is 19.4. The molecule has 1 aromatic rings. The summed E-state index contributed by atoms with van der Waals surface area (Å²) in [4.78, 5) is 11.6. The molecule has 0 aliphatic carbocycles. The second-order valence-electron chi connectivity index (χ2n) is 4.48. The van der Waals surface area contributed by atoms with Gasteiger partial charge in [0, 0.05) is 19.6 Å². The lowest BCUT2D eigenvalue weighted by molar-refractivity contribution is -0.274. The first-order chi connectivity index (χ1) is 9.92. The first kappa shape index (κ1) is 15.4. The number of carbonyl (C=O) groups excluding carboxylic acids is 1. The molecule has 9 heteroatoms. The van der Waals surface area contributed by atoms with Crippen molar-refractivity contribution in [1.82, 2.24) is 21.5 Å². The van der Waals surface area contributed by atoms with Gasteiger partial charge in [-0.3, -0.25) is 10.9 Å². The molecule has 0 radical (unpaired) electrons. The fraction of sp³-hybridized carbons (Fsp3) is 0.417. The van der Waals surface area contributed by atoms with Gasteiger partial charge >= 0.3 is 12.4 Å². The smallest absolute Gasteiger partial charge is 0.406 e. The van der Waals surface area contributed by atoms with Gasteiger partial charge in [-0.15, -0.1) is 13.2 Å². The molecule has 2 rings (SSSR count). The van der Waals surface area contributed by atoms with Crippen LogP contribution in [0.3, 0.4) is 0 Å². The highest BCUT2D eigenvalue weighted by Crippen LogP contribution is 2.22. The number of hydrogen-bond donors (Lipinski definition) is 4. The van der Waals surface area contributed by atoms with Crippen molar-refractivity contribution >= 4 is 6.03 Å². The Morgan fingerprint density at radius 2 is 1.86 bits per heavy atom. The van der Waals surface area contributed by atoms with Gasteiger partial charge in [-0.2, -0.15) is 0 Å². The maximum atomic E-state index is 12.0. The molecular weight excluding hydrogens is 289 g/mol. The van der Waals surface area contributed by atoms with Crippen LogP contribution in [0.1, 0.15) is 5.56 Å². The van der Waals surface area contributed by atoms with Crippen molar-refractivity contribution in [2.75, 3.05) is 13.1 Å². The molecule has 0 atom stereocenters. The fourth-order valence-electron chi connectivity index (χ4n) is 1.79. The molecule has 1 aromatic carbocycles. The van der Waals surface area contributed by atoms with Gasteiger partial charge in [0.2, 0.25) is 0 Å². The molecular formula is C12H15F3N4O2. The van der Waals surface area contributed by atoms with E-state index in [0.717, 1.165) is 0 Å². The minimum Gasteiger partial charge on any atom is -0.406 e. The van der Waals surface area contributed by atoms with Crippen molar-refractivity contribution in [3.05, 3.63) is 29.8 Å². The van der Waals surface area contributed by atoms with Crippen LogP contribution in [0.2, 0.25) is 0 Å². The van der Waals surface area contributed by atoms with Gasteiger partial charge in [0.15, 0.2) is 0 Å². The monoisotopic (exact) mass is 304 g/mol. The van der Waals surface area contributed by atoms with E-state index in [0.29, 0.717) is 18.7 Å². The molecule has 0 bridgehead atoms. The molecule has 0 unspecified atom stereocenters. The minimum absolute atomic E-state index is 0.00700. The highest BCUT2D eigenvalue weighted by molar-refractivity contribution is 5.74. The third kappa shape index (κ3) is 5.48. The number of alkyl halides is 3. The van der Waals surface area contributed by atoms with Gasteiger partial charge in [0.05, 0.1) is 6.04 Å². The van der Waals surface area contributed by atoms with Crippen LogP contribution in [0.15, 0.2) is 24.3 Å². The third-order valence-corrected chi connectivity index (χ3v) is 2.77. The quantitative estimate of drug-likeness (QED) is 0.666. The van der Waals surface area contributed by atoms with Crippen molar-refractivity contribution in [1.29, 1.82) is 0 Å². The lowest BCUT2D eigenvalue weighted by atomic mass is 10.2. The number of halogens is 3. The summed E-state index contributed by atoms with van der Waals surface area (Å²) in [6.07, 6.45) is -4.71. The summed E-state index contributed by atoms with van der Waals surface area (Å²) in [5.74, 6) is -0.293. The molecule has 21 heavy (non-hydrogen) atoms. The molecule has 0 spiro atoms. The minimum atomic E-state index is -4.71. The molecule has 6 nitrogen and oxygen atoms in total. The Bertz CT molecular complexity index is 472. The molecule has 0 saturated carbocycles. The van der Waals surface area contributed by atoms with Crippen LogP contribution in [0.5, 0.6) is 5.75 Å². The van der Waals surface area contributed by atoms with Crippen LogP contribution < -0.4 is 26.2 Å². The fourth-order valence-corrected chi connectivity index (χ4v) is 1.79. The number of urea groups is 1. The van der Waals surface area contributed by atoms with Crippen LogP contribution in [0.4, 0.5) is 18.0 Å². The summed E-state index contributed by atoms with van der Waals surface area (Å²) in [5.41, 5.74) is 6.42. The molecule has 1 heterocycles. The van der Waals surface area contributed by atoms with Crippen LogP contribution in [-0.4, -0.2) is 31.5 Å². The molecule has 0 aromatic heterocycles. The average Bonchev–Trinajstić information content (AvgIpc) is 2.89. The molecule has 2 amide bonds. The topological polar surface area (TPSA) is 74.4 Å². The molecule has 116 valence electrons. The molecule has 1 aliphatic heterocycles. The summed E-state index contributed by atoms with van der Waals surface area (Å²) in [6.45, 7) is 1.49. The Labute approximate surface area is 119 Å². The zero-order chi connectivity index (χ0) is 15.3. The number of nitrogens with one attached hydrogen (secondary N) is 4. The molecule has 1 fully saturated rings. The second-order valence-corrected chi connectivity index (χ2v) is 4.48. The highest BCUT2D eigenvalue weighted by Gasteiger charge is 2.30. The normalized spacial score (nSPS) is 15.8. The predicted octanol–water partition coefficient (Wildman–Crippen LogP) is 0.861. The van der Waals surface area contributed by atoms with Crippen LogP contribution in [-0.2, 0) is 6.54 Å². The Morgan fingerprint density at radius 3 is 2.43 bits per heavy atom. The zero-order valence-corrected chi connectivity index (χ0v) is 11.0. The molecule has 4 N–H and O–H groups in total. The van der Waals surface area contributed by atoms with E-state index in [1.165, 1.54) is 24.3 Å². The van der Waals surface area contributed by atoms with Crippen molar-refractivity contribution in [3.8, 4) is 5.75 Å². The summed E-state index contributed by atoms with van der Waals surface area (Å²) in [7, 11) is 0.